The molecule has 0 aromatic heterocycles. The Bertz CT molecular complexity index is 697. The van der Waals surface area contributed by atoms with E-state index in [0.29, 0.717) is 17.9 Å². The molecule has 3 atom stereocenters. The van der Waals surface area contributed by atoms with Gasteiger partial charge in [-0.15, -0.1) is 0 Å². The Morgan fingerprint density at radius 2 is 1.85 bits per heavy atom. The summed E-state index contributed by atoms with van der Waals surface area (Å²) < 4.78 is 0. The quantitative estimate of drug-likeness (QED) is 0.578. The van der Waals surface area contributed by atoms with Crippen molar-refractivity contribution in [3.63, 3.8) is 0 Å². The molecule has 144 valence electrons. The summed E-state index contributed by atoms with van der Waals surface area (Å²) in [5, 5.41) is 39.8. The first-order valence-corrected chi connectivity index (χ1v) is 9.49. The van der Waals surface area contributed by atoms with E-state index in [1.54, 1.807) is 6.92 Å². The fraction of sp³-hybridized carbons (Fsp3) is 0.667. The van der Waals surface area contributed by atoms with Crippen molar-refractivity contribution in [3.05, 3.63) is 34.9 Å². The molecule has 3 rings (SSSR count). The van der Waals surface area contributed by atoms with Gasteiger partial charge in [-0.3, -0.25) is 4.79 Å². The molecule has 5 heteroatoms. The zero-order valence-electron chi connectivity index (χ0n) is 15.8. The fourth-order valence-electron chi connectivity index (χ4n) is 5.28. The lowest BCUT2D eigenvalue weighted by molar-refractivity contribution is -0.343. The molecule has 0 saturated heterocycles. The van der Waals surface area contributed by atoms with E-state index >= 15 is 0 Å². The average Bonchev–Trinajstić information content (AvgIpc) is 2.90. The molecular weight excluding hydrogens is 332 g/mol. The molecule has 0 radical (unpaired) electrons. The third kappa shape index (κ3) is 2.91. The van der Waals surface area contributed by atoms with Crippen molar-refractivity contribution in [2.75, 3.05) is 0 Å². The maximum atomic E-state index is 12.0. The van der Waals surface area contributed by atoms with Crippen LogP contribution in [0.2, 0.25) is 0 Å². The van der Waals surface area contributed by atoms with E-state index in [1.807, 2.05) is 12.2 Å². The number of hydrogen-bond acceptors (Lipinski definition) is 5. The van der Waals surface area contributed by atoms with Gasteiger partial charge in [0.1, 0.15) is 5.78 Å². The lowest BCUT2D eigenvalue weighted by Crippen LogP contribution is -2.57. The maximum absolute atomic E-state index is 12.0. The molecule has 26 heavy (non-hydrogen) atoms. The van der Waals surface area contributed by atoms with Crippen LogP contribution < -0.4 is 0 Å². The van der Waals surface area contributed by atoms with Crippen molar-refractivity contribution in [2.24, 2.45) is 17.3 Å². The van der Waals surface area contributed by atoms with E-state index in [9.17, 15) is 25.2 Å². The molecule has 0 aromatic carbocycles. The van der Waals surface area contributed by atoms with Gasteiger partial charge >= 0.3 is 0 Å². The minimum atomic E-state index is -2.65. The summed E-state index contributed by atoms with van der Waals surface area (Å²) in [6, 6.07) is 0. The SMILES string of the molecule is CC(=O)[C@H]1CC[C@H]2C(/C=C\C3=C(C)C(O)(O)C(O)(O)CC3)=CCC[C@]12C. The minimum absolute atomic E-state index is 0.000681. The second-order valence-electron chi connectivity index (χ2n) is 8.51. The van der Waals surface area contributed by atoms with Gasteiger partial charge in [-0.25, -0.2) is 0 Å². The van der Waals surface area contributed by atoms with Crippen LogP contribution in [-0.2, 0) is 4.79 Å². The van der Waals surface area contributed by atoms with Gasteiger partial charge in [0.15, 0.2) is 0 Å². The molecular formula is C21H30O5. The van der Waals surface area contributed by atoms with Gasteiger partial charge in [0, 0.05) is 12.3 Å². The molecule has 0 unspecified atom stereocenters. The summed E-state index contributed by atoms with van der Waals surface area (Å²) in [4.78, 5) is 12.0. The smallest absolute Gasteiger partial charge is 0.241 e. The summed E-state index contributed by atoms with van der Waals surface area (Å²) in [6.07, 6.45) is 10.2. The van der Waals surface area contributed by atoms with Gasteiger partial charge in [0.2, 0.25) is 11.6 Å². The predicted molar refractivity (Wildman–Crippen MR) is 97.7 cm³/mol. The molecule has 1 saturated carbocycles. The molecule has 0 aromatic rings. The number of rotatable bonds is 3. The maximum Gasteiger partial charge on any atom is 0.241 e. The van der Waals surface area contributed by atoms with E-state index in [2.05, 4.69) is 13.0 Å². The molecule has 0 aliphatic heterocycles. The highest BCUT2D eigenvalue weighted by Crippen LogP contribution is 2.56. The Morgan fingerprint density at radius 1 is 1.15 bits per heavy atom. The van der Waals surface area contributed by atoms with E-state index in [0.717, 1.165) is 25.7 Å². The number of allylic oxidation sites excluding steroid dienone is 5. The van der Waals surface area contributed by atoms with E-state index in [4.69, 9.17) is 0 Å². The first-order chi connectivity index (χ1) is 12.0. The van der Waals surface area contributed by atoms with Gasteiger partial charge in [-0.1, -0.05) is 25.2 Å². The molecule has 0 amide bonds. The predicted octanol–water partition coefficient (Wildman–Crippen LogP) is 2.36. The van der Waals surface area contributed by atoms with Crippen LogP contribution in [0.25, 0.3) is 0 Å². The third-order valence-electron chi connectivity index (χ3n) is 7.08. The Morgan fingerprint density at radius 3 is 2.50 bits per heavy atom. The summed E-state index contributed by atoms with van der Waals surface area (Å²) >= 11 is 0. The topological polar surface area (TPSA) is 98.0 Å². The van der Waals surface area contributed by atoms with Crippen LogP contribution in [0.1, 0.15) is 59.3 Å². The molecule has 0 spiro atoms. The van der Waals surface area contributed by atoms with Crippen LogP contribution in [0.3, 0.4) is 0 Å². The molecule has 1 fully saturated rings. The number of carbonyl (C=O) groups is 1. The van der Waals surface area contributed by atoms with Crippen molar-refractivity contribution in [2.45, 2.75) is 70.9 Å². The Hall–Kier alpha value is -1.27. The van der Waals surface area contributed by atoms with Crippen molar-refractivity contribution in [1.82, 2.24) is 0 Å². The van der Waals surface area contributed by atoms with Crippen molar-refractivity contribution >= 4 is 5.78 Å². The molecule has 0 heterocycles. The van der Waals surface area contributed by atoms with E-state index in [-0.39, 0.29) is 29.1 Å². The van der Waals surface area contributed by atoms with Crippen LogP contribution in [-0.4, -0.2) is 37.8 Å². The van der Waals surface area contributed by atoms with Gasteiger partial charge in [0.25, 0.3) is 0 Å². The second-order valence-corrected chi connectivity index (χ2v) is 8.51. The van der Waals surface area contributed by atoms with Gasteiger partial charge in [-0.05, 0) is 74.0 Å². The fourth-order valence-corrected chi connectivity index (χ4v) is 5.28. The molecule has 5 nitrogen and oxygen atoms in total. The van der Waals surface area contributed by atoms with Crippen molar-refractivity contribution < 1.29 is 25.2 Å². The number of carbonyl (C=O) groups excluding carboxylic acids is 1. The average molecular weight is 362 g/mol. The summed E-state index contributed by atoms with van der Waals surface area (Å²) in [6.45, 7) is 5.43. The molecule has 3 aliphatic carbocycles. The first kappa shape index (κ1) is 19.5. The van der Waals surface area contributed by atoms with Gasteiger partial charge in [-0.2, -0.15) is 0 Å². The van der Waals surface area contributed by atoms with E-state index < -0.39 is 11.6 Å². The second kappa shape index (κ2) is 6.41. The van der Waals surface area contributed by atoms with Crippen LogP contribution in [0.4, 0.5) is 0 Å². The zero-order valence-corrected chi connectivity index (χ0v) is 15.8. The number of hydrogen-bond donors (Lipinski definition) is 4. The molecule has 3 aliphatic rings. The summed E-state index contributed by atoms with van der Waals surface area (Å²) in [5.74, 6) is -4.44. The highest BCUT2D eigenvalue weighted by atomic mass is 16.6. The Balaban J connectivity index is 1.86. The van der Waals surface area contributed by atoms with Crippen molar-refractivity contribution in [3.8, 4) is 0 Å². The monoisotopic (exact) mass is 362 g/mol. The van der Waals surface area contributed by atoms with Crippen molar-refractivity contribution in [1.29, 1.82) is 0 Å². The largest absolute Gasteiger partial charge is 0.361 e. The Kier molecular flexibility index (Phi) is 4.81. The van der Waals surface area contributed by atoms with Crippen LogP contribution in [0, 0.1) is 17.3 Å². The third-order valence-corrected chi connectivity index (χ3v) is 7.08. The zero-order chi connectivity index (χ0) is 19.3. The Labute approximate surface area is 154 Å². The first-order valence-electron chi connectivity index (χ1n) is 9.49. The van der Waals surface area contributed by atoms with E-state index in [1.165, 1.54) is 12.5 Å². The normalized spacial score (nSPS) is 36.2. The number of fused-ring (bicyclic) bond motifs is 1. The standard InChI is InChI=1S/C21H30O5/c1-13-15(10-12-20(23,24)21(13,25)26)6-7-16-5-4-11-19(3)17(14(2)22)8-9-18(16)19/h5-7,17-18,23-26H,4,8-12H2,1-3H3/b7-6-/t17-,18+,19-/m1/s1. The van der Waals surface area contributed by atoms with Crippen LogP contribution in [0.15, 0.2) is 34.9 Å². The lowest BCUT2D eigenvalue weighted by atomic mass is 9.64. The minimum Gasteiger partial charge on any atom is -0.361 e. The molecule has 0 bridgehead atoms. The van der Waals surface area contributed by atoms with Gasteiger partial charge in [0.05, 0.1) is 0 Å². The van der Waals surface area contributed by atoms with Gasteiger partial charge < -0.3 is 20.4 Å². The molecule has 4 N–H and O–H groups in total. The van der Waals surface area contributed by atoms with Crippen LogP contribution >= 0.6 is 0 Å². The number of Topliss-reactive ketones (excluding diaryl/α,β-unsaturated/α-hetero) is 1. The lowest BCUT2D eigenvalue weighted by Gasteiger charge is -2.41. The number of aliphatic hydroxyl groups is 4. The highest BCUT2D eigenvalue weighted by Gasteiger charge is 2.52. The summed E-state index contributed by atoms with van der Waals surface area (Å²) in [7, 11) is 0. The summed E-state index contributed by atoms with van der Waals surface area (Å²) in [5.41, 5.74) is 2.08. The number of ketones is 1. The van der Waals surface area contributed by atoms with Crippen LogP contribution in [0.5, 0.6) is 0 Å². The highest BCUT2D eigenvalue weighted by molar-refractivity contribution is 5.79.